The van der Waals surface area contributed by atoms with Crippen molar-refractivity contribution < 1.29 is 4.79 Å². The van der Waals surface area contributed by atoms with Crippen molar-refractivity contribution in [1.29, 1.82) is 0 Å². The summed E-state index contributed by atoms with van der Waals surface area (Å²) in [7, 11) is 1.75. The van der Waals surface area contributed by atoms with Crippen LogP contribution in [0.1, 0.15) is 47.5 Å². The van der Waals surface area contributed by atoms with E-state index in [-0.39, 0.29) is 22.8 Å². The number of rotatable bonds is 7. The van der Waals surface area contributed by atoms with Gasteiger partial charge in [0.2, 0.25) is 0 Å². The first-order valence-corrected chi connectivity index (χ1v) is 8.71. The Hall–Kier alpha value is 0.360. The van der Waals surface area contributed by atoms with Gasteiger partial charge < -0.3 is 5.32 Å². The van der Waals surface area contributed by atoms with Crippen molar-refractivity contribution in [1.82, 2.24) is 12.4 Å². The summed E-state index contributed by atoms with van der Waals surface area (Å²) in [6.45, 7) is 10.3. The molecule has 0 aliphatic carbocycles. The van der Waals surface area contributed by atoms with Gasteiger partial charge in [0.15, 0.2) is 5.96 Å². The lowest BCUT2D eigenvalue weighted by molar-refractivity contribution is -0.119. The first-order chi connectivity index (χ1) is 9.06. The molecule has 0 aromatic rings. The van der Waals surface area contributed by atoms with E-state index in [9.17, 15) is 4.79 Å². The molecule has 0 saturated heterocycles. The molecule has 0 spiro atoms. The van der Waals surface area contributed by atoms with Crippen molar-refractivity contribution in [3.8, 4) is 0 Å². The van der Waals surface area contributed by atoms with Gasteiger partial charge in [-0.05, 0) is 39.0 Å². The van der Waals surface area contributed by atoms with Gasteiger partial charge in [0.1, 0.15) is 5.78 Å². The van der Waals surface area contributed by atoms with Crippen molar-refractivity contribution in [2.45, 2.75) is 59.0 Å². The first kappa shape index (κ1) is 20.4. The average molecular weight is 508 g/mol. The number of carbonyl (C=O) groups is 1. The van der Waals surface area contributed by atoms with Crippen molar-refractivity contribution in [3.63, 3.8) is 0 Å². The molecule has 20 heavy (non-hydrogen) atoms. The first-order valence-electron chi connectivity index (χ1n) is 6.55. The van der Waals surface area contributed by atoms with Gasteiger partial charge in [-0.25, -0.2) is 0 Å². The van der Waals surface area contributed by atoms with Crippen molar-refractivity contribution >= 4 is 57.5 Å². The highest BCUT2D eigenvalue weighted by Gasteiger charge is 2.32. The third kappa shape index (κ3) is 7.96. The maximum absolute atomic E-state index is 11.6. The van der Waals surface area contributed by atoms with Crippen LogP contribution in [0, 0.1) is 5.41 Å². The van der Waals surface area contributed by atoms with Gasteiger partial charge >= 0.3 is 0 Å². The van der Waals surface area contributed by atoms with Gasteiger partial charge in [-0.3, -0.25) is 16.8 Å². The largest absolute Gasteiger partial charge is 0.351 e. The lowest BCUT2D eigenvalue weighted by Gasteiger charge is -2.37. The predicted octanol–water partition coefficient (Wildman–Crippen LogP) is 2.98. The molecular weight excluding hydrogens is 482 g/mol. The summed E-state index contributed by atoms with van der Waals surface area (Å²) < 4.78 is 6.07. The third-order valence-electron chi connectivity index (χ3n) is 3.07. The van der Waals surface area contributed by atoms with Gasteiger partial charge in [0.25, 0.3) is 0 Å². The summed E-state index contributed by atoms with van der Waals surface area (Å²) >= 11 is 4.12. The minimum Gasteiger partial charge on any atom is -0.351 e. The fourth-order valence-corrected chi connectivity index (χ4v) is 3.60. The average Bonchev–Trinajstić information content (AvgIpc) is 2.31. The lowest BCUT2D eigenvalue weighted by atomic mass is 9.75. The zero-order valence-corrected chi connectivity index (χ0v) is 17.4. The van der Waals surface area contributed by atoms with Crippen LogP contribution in [0.2, 0.25) is 0 Å². The maximum Gasteiger partial charge on any atom is 0.200 e. The van der Waals surface area contributed by atoms with Crippen LogP contribution in [0.4, 0.5) is 0 Å². The summed E-state index contributed by atoms with van der Waals surface area (Å²) in [6, 6.07) is -0.0941. The van der Waals surface area contributed by atoms with E-state index < -0.39 is 0 Å². The monoisotopic (exact) mass is 508 g/mol. The van der Waals surface area contributed by atoms with Crippen molar-refractivity contribution in [2.24, 2.45) is 10.4 Å². The molecule has 5 nitrogen and oxygen atoms in total. The molecule has 1 unspecified atom stereocenters. The maximum atomic E-state index is 11.6. The standard InChI is InChI=1S/C13H26I2N4O/c1-9(20)10(18-14)7-12(2,3)8-13(4,5)17-11(16-6)19-15/h10,18H,7-8H2,1-6H3,(H2,16,17,19). The Bertz CT molecular complexity index is 356. The van der Waals surface area contributed by atoms with Crippen molar-refractivity contribution in [3.05, 3.63) is 0 Å². The number of ketones is 1. The van der Waals surface area contributed by atoms with Gasteiger partial charge in [-0.1, -0.05) is 13.8 Å². The second-order valence-electron chi connectivity index (χ2n) is 6.49. The molecule has 118 valence electrons. The highest BCUT2D eigenvalue weighted by molar-refractivity contribution is 14.1. The molecule has 0 rings (SSSR count). The molecule has 0 aliphatic heterocycles. The minimum atomic E-state index is -0.108. The van der Waals surface area contributed by atoms with Gasteiger partial charge in [0.05, 0.1) is 28.9 Å². The number of nitrogens with one attached hydrogen (secondary N) is 3. The van der Waals surface area contributed by atoms with Gasteiger partial charge in [-0.15, -0.1) is 0 Å². The number of halogens is 2. The second-order valence-corrected chi connectivity index (χ2v) is 7.66. The highest BCUT2D eigenvalue weighted by Crippen LogP contribution is 2.33. The van der Waals surface area contributed by atoms with Crippen LogP contribution in [-0.4, -0.2) is 30.4 Å². The van der Waals surface area contributed by atoms with E-state index in [0.717, 1.165) is 18.8 Å². The Morgan fingerprint density at radius 1 is 1.25 bits per heavy atom. The topological polar surface area (TPSA) is 65.5 Å². The summed E-state index contributed by atoms with van der Waals surface area (Å²) in [6.07, 6.45) is 1.74. The lowest BCUT2D eigenvalue weighted by Crippen LogP contribution is -2.50. The predicted molar refractivity (Wildman–Crippen MR) is 102 cm³/mol. The molecule has 7 heteroatoms. The van der Waals surface area contributed by atoms with E-state index in [1.165, 1.54) is 0 Å². The van der Waals surface area contributed by atoms with E-state index in [1.807, 2.05) is 0 Å². The van der Waals surface area contributed by atoms with Crippen LogP contribution >= 0.6 is 45.7 Å². The normalized spacial score (nSPS) is 14.9. The minimum absolute atomic E-state index is 0.0368. The number of nitrogens with zero attached hydrogens (tertiary/aromatic N) is 1. The van der Waals surface area contributed by atoms with E-state index in [4.69, 9.17) is 0 Å². The number of hydrogen-bond acceptors (Lipinski definition) is 3. The van der Waals surface area contributed by atoms with E-state index in [1.54, 1.807) is 14.0 Å². The van der Waals surface area contributed by atoms with Crippen LogP contribution in [0.3, 0.4) is 0 Å². The molecular formula is C13H26I2N4O. The van der Waals surface area contributed by atoms with Crippen LogP contribution in [0.15, 0.2) is 4.99 Å². The summed E-state index contributed by atoms with van der Waals surface area (Å²) in [5.74, 6) is 0.949. The van der Waals surface area contributed by atoms with E-state index in [0.29, 0.717) is 0 Å². The molecule has 0 aromatic carbocycles. The van der Waals surface area contributed by atoms with Gasteiger partial charge in [-0.2, -0.15) is 0 Å². The number of Topliss-reactive ketones (excluding diaryl/α,β-unsaturated/α-hetero) is 1. The zero-order valence-electron chi connectivity index (χ0n) is 13.1. The van der Waals surface area contributed by atoms with Crippen molar-refractivity contribution in [2.75, 3.05) is 7.05 Å². The SMILES string of the molecule is CN=C(NI)NC(C)(C)CC(C)(C)CC(NI)C(C)=O. The van der Waals surface area contributed by atoms with E-state index in [2.05, 4.69) is 90.8 Å². The number of hydrogen-bond donors (Lipinski definition) is 3. The fourth-order valence-electron chi connectivity index (χ4n) is 2.57. The quantitative estimate of drug-likeness (QED) is 0.214. The fraction of sp³-hybridized carbons (Fsp3) is 0.846. The number of carbonyl (C=O) groups excluding carboxylic acids is 1. The molecule has 0 aliphatic rings. The summed E-state index contributed by atoms with van der Waals surface area (Å²) in [5, 5.41) is 3.39. The summed E-state index contributed by atoms with van der Waals surface area (Å²) in [5.41, 5.74) is -0.0712. The Kier molecular flexibility index (Phi) is 8.87. The zero-order chi connectivity index (χ0) is 16.0. The summed E-state index contributed by atoms with van der Waals surface area (Å²) in [4.78, 5) is 15.7. The molecule has 0 radical (unpaired) electrons. The number of guanidine groups is 1. The number of aliphatic imine (C=N–C) groups is 1. The Balaban J connectivity index is 4.76. The molecule has 0 saturated carbocycles. The molecule has 0 aromatic heterocycles. The smallest absolute Gasteiger partial charge is 0.200 e. The van der Waals surface area contributed by atoms with Crippen LogP contribution < -0.4 is 12.4 Å². The van der Waals surface area contributed by atoms with Crippen LogP contribution in [-0.2, 0) is 4.79 Å². The Morgan fingerprint density at radius 3 is 2.15 bits per heavy atom. The molecule has 0 amide bonds. The molecule has 0 fully saturated rings. The molecule has 0 heterocycles. The Morgan fingerprint density at radius 2 is 1.80 bits per heavy atom. The third-order valence-corrected chi connectivity index (χ3v) is 4.33. The molecule has 3 N–H and O–H groups in total. The van der Waals surface area contributed by atoms with E-state index >= 15 is 0 Å². The second kappa shape index (κ2) is 8.72. The molecule has 1 atom stereocenters. The van der Waals surface area contributed by atoms with Gasteiger partial charge in [0, 0.05) is 35.5 Å². The van der Waals surface area contributed by atoms with Crippen LogP contribution in [0.25, 0.3) is 0 Å². The van der Waals surface area contributed by atoms with Crippen LogP contribution in [0.5, 0.6) is 0 Å². The Labute approximate surface area is 150 Å². The molecule has 0 bridgehead atoms. The highest BCUT2D eigenvalue weighted by atomic mass is 127.